The molecule has 6 heteroatoms. The lowest BCUT2D eigenvalue weighted by atomic mass is 10.1. The molecule has 0 amide bonds. The van der Waals surface area contributed by atoms with Crippen LogP contribution in [-0.2, 0) is 24.8 Å². The van der Waals surface area contributed by atoms with E-state index in [-0.39, 0.29) is 6.10 Å². The van der Waals surface area contributed by atoms with E-state index < -0.39 is 0 Å². The van der Waals surface area contributed by atoms with Crippen molar-refractivity contribution in [1.82, 2.24) is 24.4 Å². The number of fused-ring (bicyclic) bond motifs is 1. The van der Waals surface area contributed by atoms with E-state index in [0.717, 1.165) is 61.8 Å². The van der Waals surface area contributed by atoms with Crippen LogP contribution in [0.4, 0.5) is 0 Å². The monoisotopic (exact) mass is 351 g/mol. The molecule has 1 aliphatic rings. The molecule has 0 saturated carbocycles. The van der Waals surface area contributed by atoms with Gasteiger partial charge in [-0.2, -0.15) is 0 Å². The van der Waals surface area contributed by atoms with Gasteiger partial charge in [-0.05, 0) is 38.0 Å². The van der Waals surface area contributed by atoms with Crippen LogP contribution >= 0.6 is 0 Å². The van der Waals surface area contributed by atoms with Crippen LogP contribution in [0.1, 0.15) is 23.6 Å². The fourth-order valence-electron chi connectivity index (χ4n) is 3.59. The van der Waals surface area contributed by atoms with Crippen molar-refractivity contribution in [2.24, 2.45) is 7.05 Å². The van der Waals surface area contributed by atoms with Crippen molar-refractivity contribution < 1.29 is 4.74 Å². The van der Waals surface area contributed by atoms with Crippen LogP contribution in [0.2, 0.25) is 0 Å². The lowest BCUT2D eigenvalue weighted by molar-refractivity contribution is -0.0355. The fraction of sp³-hybridized carbons (Fsp3) is 0.450. The Kier molecular flexibility index (Phi) is 4.95. The Labute approximate surface area is 153 Å². The number of hydrogen-bond acceptors (Lipinski definition) is 5. The number of para-hydroxylation sites is 2. The average Bonchev–Trinajstić information content (AvgIpc) is 2.96. The highest BCUT2D eigenvalue weighted by molar-refractivity contribution is 5.75. The molecule has 3 heterocycles. The molecule has 0 unspecified atom stereocenters. The lowest BCUT2D eigenvalue weighted by Gasteiger charge is -2.32. The van der Waals surface area contributed by atoms with E-state index >= 15 is 0 Å². The molecular weight excluding hydrogens is 326 g/mol. The van der Waals surface area contributed by atoms with Gasteiger partial charge in [-0.15, -0.1) is 0 Å². The highest BCUT2D eigenvalue weighted by Crippen LogP contribution is 2.18. The van der Waals surface area contributed by atoms with Crippen LogP contribution in [0.15, 0.2) is 36.7 Å². The summed E-state index contributed by atoms with van der Waals surface area (Å²) in [5, 5.41) is 0. The Balaban J connectivity index is 1.38. The number of aromatic nitrogens is 4. The summed E-state index contributed by atoms with van der Waals surface area (Å²) in [4.78, 5) is 15.8. The van der Waals surface area contributed by atoms with Crippen LogP contribution < -0.4 is 0 Å². The second-order valence-corrected chi connectivity index (χ2v) is 6.99. The molecular formula is C20H25N5O. The van der Waals surface area contributed by atoms with Crippen molar-refractivity contribution >= 4 is 11.0 Å². The van der Waals surface area contributed by atoms with Gasteiger partial charge in [0.25, 0.3) is 0 Å². The van der Waals surface area contributed by atoms with Gasteiger partial charge in [-0.25, -0.2) is 15.0 Å². The zero-order valence-electron chi connectivity index (χ0n) is 15.4. The summed E-state index contributed by atoms with van der Waals surface area (Å²) in [5.41, 5.74) is 4.36. The smallest absolute Gasteiger partial charge is 0.123 e. The number of ether oxygens (including phenoxy) is 1. The van der Waals surface area contributed by atoms with Gasteiger partial charge in [0.05, 0.1) is 30.3 Å². The SMILES string of the molecule is Cc1cc(CC[C@@H]2CN(Cc3nc4ccccc4n3C)CCO2)ncn1. The number of nitrogens with zero attached hydrogens (tertiary/aromatic N) is 5. The first-order valence-electron chi connectivity index (χ1n) is 9.21. The van der Waals surface area contributed by atoms with Gasteiger partial charge in [-0.3, -0.25) is 4.90 Å². The Hall–Kier alpha value is -2.31. The molecule has 0 N–H and O–H groups in total. The largest absolute Gasteiger partial charge is 0.376 e. The maximum Gasteiger partial charge on any atom is 0.123 e. The molecule has 0 bridgehead atoms. The molecule has 0 aliphatic carbocycles. The van der Waals surface area contributed by atoms with Crippen LogP contribution in [0.25, 0.3) is 11.0 Å². The van der Waals surface area contributed by atoms with Crippen molar-refractivity contribution in [3.63, 3.8) is 0 Å². The Morgan fingerprint density at radius 3 is 2.96 bits per heavy atom. The molecule has 136 valence electrons. The Bertz CT molecular complexity index is 891. The zero-order chi connectivity index (χ0) is 17.9. The molecule has 2 aromatic heterocycles. The normalized spacial score (nSPS) is 18.5. The van der Waals surface area contributed by atoms with Crippen molar-refractivity contribution in [3.05, 3.63) is 53.9 Å². The van der Waals surface area contributed by atoms with Crippen LogP contribution in [-0.4, -0.2) is 50.2 Å². The standard InChI is InChI=1S/C20H25N5O/c1-15-11-16(22-14-21-15)7-8-17-12-25(9-10-26-17)13-20-23-18-5-3-4-6-19(18)24(20)2/h3-6,11,14,17H,7-10,12-13H2,1-2H3/t17-/m1/s1. The summed E-state index contributed by atoms with van der Waals surface area (Å²) in [6.07, 6.45) is 3.79. The summed E-state index contributed by atoms with van der Waals surface area (Å²) >= 11 is 0. The van der Waals surface area contributed by atoms with Gasteiger partial charge in [0.15, 0.2) is 0 Å². The summed E-state index contributed by atoms with van der Waals surface area (Å²) in [6.45, 7) is 5.52. The highest BCUT2D eigenvalue weighted by Gasteiger charge is 2.22. The summed E-state index contributed by atoms with van der Waals surface area (Å²) in [7, 11) is 2.10. The van der Waals surface area contributed by atoms with Crippen LogP contribution in [0.5, 0.6) is 0 Å². The fourth-order valence-corrected chi connectivity index (χ4v) is 3.59. The van der Waals surface area contributed by atoms with Crippen molar-refractivity contribution in [2.75, 3.05) is 19.7 Å². The van der Waals surface area contributed by atoms with E-state index in [9.17, 15) is 0 Å². The topological polar surface area (TPSA) is 56.1 Å². The summed E-state index contributed by atoms with van der Waals surface area (Å²) in [6, 6.07) is 10.4. The van der Waals surface area contributed by atoms with E-state index in [0.29, 0.717) is 0 Å². The molecule has 1 fully saturated rings. The summed E-state index contributed by atoms with van der Waals surface area (Å²) < 4.78 is 8.17. The predicted molar refractivity (Wildman–Crippen MR) is 101 cm³/mol. The second kappa shape index (κ2) is 7.51. The van der Waals surface area contributed by atoms with Gasteiger partial charge < -0.3 is 9.30 Å². The van der Waals surface area contributed by atoms with Gasteiger partial charge in [0.2, 0.25) is 0 Å². The number of hydrogen-bond donors (Lipinski definition) is 0. The minimum absolute atomic E-state index is 0.244. The molecule has 1 atom stereocenters. The van der Waals surface area contributed by atoms with Gasteiger partial charge in [0.1, 0.15) is 12.2 Å². The third-order valence-corrected chi connectivity index (χ3v) is 5.05. The van der Waals surface area contributed by atoms with Crippen molar-refractivity contribution in [3.8, 4) is 0 Å². The molecule has 3 aromatic rings. The van der Waals surface area contributed by atoms with Gasteiger partial charge in [0, 0.05) is 31.5 Å². The van der Waals surface area contributed by atoms with E-state index in [2.05, 4.69) is 50.7 Å². The van der Waals surface area contributed by atoms with Gasteiger partial charge >= 0.3 is 0 Å². The van der Waals surface area contributed by atoms with Crippen molar-refractivity contribution in [1.29, 1.82) is 0 Å². The van der Waals surface area contributed by atoms with Crippen molar-refractivity contribution in [2.45, 2.75) is 32.4 Å². The molecule has 1 aliphatic heterocycles. The summed E-state index contributed by atoms with van der Waals surface area (Å²) in [5.74, 6) is 1.11. The molecule has 4 rings (SSSR count). The molecule has 6 nitrogen and oxygen atoms in total. The number of aryl methyl sites for hydroxylation is 3. The lowest BCUT2D eigenvalue weighted by Crippen LogP contribution is -2.42. The molecule has 0 spiro atoms. The van der Waals surface area contributed by atoms with Gasteiger partial charge in [-0.1, -0.05) is 12.1 Å². The quantitative estimate of drug-likeness (QED) is 0.707. The number of benzene rings is 1. The highest BCUT2D eigenvalue weighted by atomic mass is 16.5. The first-order valence-corrected chi connectivity index (χ1v) is 9.21. The first kappa shape index (κ1) is 17.1. The maximum atomic E-state index is 5.97. The first-order chi connectivity index (χ1) is 12.7. The third kappa shape index (κ3) is 3.76. The number of rotatable bonds is 5. The zero-order valence-corrected chi connectivity index (χ0v) is 15.4. The molecule has 26 heavy (non-hydrogen) atoms. The second-order valence-electron chi connectivity index (χ2n) is 6.99. The average molecular weight is 351 g/mol. The van der Waals surface area contributed by atoms with E-state index in [1.165, 1.54) is 5.52 Å². The Morgan fingerprint density at radius 2 is 2.12 bits per heavy atom. The molecule has 1 aromatic carbocycles. The van der Waals surface area contributed by atoms with E-state index in [1.807, 2.05) is 13.0 Å². The number of imidazole rings is 1. The predicted octanol–water partition coefficient (Wildman–Crippen LogP) is 2.51. The van der Waals surface area contributed by atoms with Crippen LogP contribution in [0.3, 0.4) is 0 Å². The third-order valence-electron chi connectivity index (χ3n) is 5.05. The molecule has 1 saturated heterocycles. The molecule has 0 radical (unpaired) electrons. The number of morpholine rings is 1. The minimum Gasteiger partial charge on any atom is -0.376 e. The van der Waals surface area contributed by atoms with E-state index in [1.54, 1.807) is 6.33 Å². The van der Waals surface area contributed by atoms with Crippen LogP contribution in [0, 0.1) is 6.92 Å². The minimum atomic E-state index is 0.244. The maximum absolute atomic E-state index is 5.97. The van der Waals surface area contributed by atoms with E-state index in [4.69, 9.17) is 9.72 Å². The Morgan fingerprint density at radius 1 is 1.23 bits per heavy atom.